The molecule has 0 aliphatic rings. The molecule has 0 N–H and O–H groups in total. The van der Waals surface area contributed by atoms with E-state index in [1.165, 1.54) is 11.8 Å². The van der Waals surface area contributed by atoms with Crippen molar-refractivity contribution in [2.24, 2.45) is 0 Å². The van der Waals surface area contributed by atoms with E-state index < -0.39 is 0 Å². The number of nitrogens with zero attached hydrogens (tertiary/aromatic N) is 2. The molecule has 2 aromatic rings. The van der Waals surface area contributed by atoms with Crippen LogP contribution in [-0.4, -0.2) is 4.98 Å². The summed E-state index contributed by atoms with van der Waals surface area (Å²) in [6, 6.07) is 8.04. The molecule has 0 saturated carbocycles. The lowest BCUT2D eigenvalue weighted by Gasteiger charge is -2.07. The second-order valence-corrected chi connectivity index (χ2v) is 4.41. The van der Waals surface area contributed by atoms with Crippen LogP contribution in [0.15, 0.2) is 24.4 Å². The summed E-state index contributed by atoms with van der Waals surface area (Å²) in [4.78, 5) is 4.21. The first-order chi connectivity index (χ1) is 7.63. The first-order valence-electron chi connectivity index (χ1n) is 5.11. The standard InChI is InChI=1S/C13H11ClN2/c1-8(2)9-3-4-12-11(5-9)13(14)10(6-15)7-16-12/h3-5,7-8H,1-2H3. The predicted octanol–water partition coefficient (Wildman–Crippen LogP) is 3.88. The number of hydrogen-bond donors (Lipinski definition) is 0. The van der Waals surface area contributed by atoms with Crippen molar-refractivity contribution in [2.75, 3.05) is 0 Å². The summed E-state index contributed by atoms with van der Waals surface area (Å²) >= 11 is 6.16. The van der Waals surface area contributed by atoms with Gasteiger partial charge in [-0.3, -0.25) is 4.98 Å². The monoisotopic (exact) mass is 230 g/mol. The van der Waals surface area contributed by atoms with Crippen LogP contribution in [0.2, 0.25) is 5.02 Å². The number of fused-ring (bicyclic) bond motifs is 1. The van der Waals surface area contributed by atoms with Crippen molar-refractivity contribution in [1.82, 2.24) is 4.98 Å². The lowest BCUT2D eigenvalue weighted by Crippen LogP contribution is -1.90. The maximum atomic E-state index is 8.88. The molecular formula is C13H11ClN2. The first-order valence-corrected chi connectivity index (χ1v) is 5.49. The third-order valence-corrected chi connectivity index (χ3v) is 3.02. The minimum atomic E-state index is 0.426. The molecule has 1 aromatic heterocycles. The van der Waals surface area contributed by atoms with Gasteiger partial charge >= 0.3 is 0 Å². The van der Waals surface area contributed by atoms with Gasteiger partial charge in [-0.15, -0.1) is 0 Å². The molecule has 0 unspecified atom stereocenters. The number of pyridine rings is 1. The number of aromatic nitrogens is 1. The lowest BCUT2D eigenvalue weighted by atomic mass is 10.0. The number of hydrogen-bond acceptors (Lipinski definition) is 2. The van der Waals surface area contributed by atoms with Crippen LogP contribution < -0.4 is 0 Å². The molecule has 3 heteroatoms. The average Bonchev–Trinajstić information content (AvgIpc) is 2.29. The zero-order valence-corrected chi connectivity index (χ0v) is 9.92. The summed E-state index contributed by atoms with van der Waals surface area (Å²) in [5, 5.41) is 10.2. The van der Waals surface area contributed by atoms with E-state index in [9.17, 15) is 0 Å². The van der Waals surface area contributed by atoms with E-state index in [0.717, 1.165) is 10.9 Å². The van der Waals surface area contributed by atoms with Crippen molar-refractivity contribution in [3.8, 4) is 6.07 Å². The lowest BCUT2D eigenvalue weighted by molar-refractivity contribution is 0.868. The van der Waals surface area contributed by atoms with Crippen molar-refractivity contribution in [3.63, 3.8) is 0 Å². The van der Waals surface area contributed by atoms with Crippen molar-refractivity contribution < 1.29 is 0 Å². The van der Waals surface area contributed by atoms with Gasteiger partial charge in [-0.1, -0.05) is 31.5 Å². The van der Waals surface area contributed by atoms with Crippen molar-refractivity contribution in [2.45, 2.75) is 19.8 Å². The van der Waals surface area contributed by atoms with E-state index in [1.54, 1.807) is 0 Å². The molecule has 2 rings (SSSR count). The minimum absolute atomic E-state index is 0.426. The molecular weight excluding hydrogens is 220 g/mol. The Bertz CT molecular complexity index is 582. The topological polar surface area (TPSA) is 36.7 Å². The van der Waals surface area contributed by atoms with Crippen molar-refractivity contribution in [1.29, 1.82) is 5.26 Å². The third kappa shape index (κ3) is 1.75. The molecule has 0 radical (unpaired) electrons. The fourth-order valence-electron chi connectivity index (χ4n) is 1.61. The molecule has 80 valence electrons. The molecule has 1 aromatic carbocycles. The molecule has 0 saturated heterocycles. The van der Waals surface area contributed by atoms with Crippen LogP contribution in [0.25, 0.3) is 10.9 Å². The maximum absolute atomic E-state index is 8.88. The van der Waals surface area contributed by atoms with Crippen LogP contribution in [0.1, 0.15) is 30.9 Å². The minimum Gasteiger partial charge on any atom is -0.255 e. The van der Waals surface area contributed by atoms with E-state index in [-0.39, 0.29) is 0 Å². The van der Waals surface area contributed by atoms with Crippen molar-refractivity contribution in [3.05, 3.63) is 40.5 Å². The number of nitriles is 1. The highest BCUT2D eigenvalue weighted by molar-refractivity contribution is 6.36. The maximum Gasteiger partial charge on any atom is 0.102 e. The Kier molecular flexibility index (Phi) is 2.80. The molecule has 0 amide bonds. The van der Waals surface area contributed by atoms with Gasteiger partial charge in [0, 0.05) is 11.6 Å². The fourth-order valence-corrected chi connectivity index (χ4v) is 1.86. The van der Waals surface area contributed by atoms with Gasteiger partial charge in [0.25, 0.3) is 0 Å². The van der Waals surface area contributed by atoms with Gasteiger partial charge in [0.15, 0.2) is 0 Å². The Hall–Kier alpha value is -1.59. The molecule has 2 nitrogen and oxygen atoms in total. The Morgan fingerprint density at radius 2 is 2.12 bits per heavy atom. The highest BCUT2D eigenvalue weighted by Crippen LogP contribution is 2.28. The second-order valence-electron chi connectivity index (χ2n) is 4.03. The number of rotatable bonds is 1. The average molecular weight is 231 g/mol. The third-order valence-electron chi connectivity index (χ3n) is 2.61. The van der Waals surface area contributed by atoms with E-state index in [0.29, 0.717) is 16.5 Å². The van der Waals surface area contributed by atoms with Gasteiger partial charge in [-0.25, -0.2) is 0 Å². The van der Waals surface area contributed by atoms with Crippen LogP contribution in [-0.2, 0) is 0 Å². The van der Waals surface area contributed by atoms with Crippen molar-refractivity contribution >= 4 is 22.5 Å². The highest BCUT2D eigenvalue weighted by Gasteiger charge is 2.08. The SMILES string of the molecule is CC(C)c1ccc2ncc(C#N)c(Cl)c2c1. The predicted molar refractivity (Wildman–Crippen MR) is 65.6 cm³/mol. The van der Waals surface area contributed by atoms with Crippen LogP contribution in [0, 0.1) is 11.3 Å². The largest absolute Gasteiger partial charge is 0.255 e. The van der Waals surface area contributed by atoms with Gasteiger partial charge < -0.3 is 0 Å². The van der Waals surface area contributed by atoms with E-state index in [1.807, 2.05) is 24.3 Å². The van der Waals surface area contributed by atoms with Crippen LogP contribution >= 0.6 is 11.6 Å². The van der Waals surface area contributed by atoms with Gasteiger partial charge in [0.2, 0.25) is 0 Å². The summed E-state index contributed by atoms with van der Waals surface area (Å²) in [5.41, 5.74) is 2.45. The summed E-state index contributed by atoms with van der Waals surface area (Å²) in [6.45, 7) is 4.24. The van der Waals surface area contributed by atoms with E-state index >= 15 is 0 Å². The number of halogens is 1. The normalized spacial score (nSPS) is 10.7. The molecule has 16 heavy (non-hydrogen) atoms. The van der Waals surface area contributed by atoms with Gasteiger partial charge in [0.05, 0.1) is 16.1 Å². The fraction of sp³-hybridized carbons (Fsp3) is 0.231. The molecule has 0 aliphatic heterocycles. The zero-order valence-electron chi connectivity index (χ0n) is 9.16. The summed E-state index contributed by atoms with van der Waals surface area (Å²) in [7, 11) is 0. The number of benzene rings is 1. The Morgan fingerprint density at radius 1 is 1.38 bits per heavy atom. The zero-order chi connectivity index (χ0) is 11.7. The summed E-state index contributed by atoms with van der Waals surface area (Å²) < 4.78 is 0. The first kappa shape index (κ1) is 10.9. The molecule has 0 aliphatic carbocycles. The van der Waals surface area contributed by atoms with Gasteiger partial charge in [0.1, 0.15) is 6.07 Å². The van der Waals surface area contributed by atoms with Gasteiger partial charge in [-0.2, -0.15) is 5.26 Å². The van der Waals surface area contributed by atoms with Crippen LogP contribution in [0.5, 0.6) is 0 Å². The van der Waals surface area contributed by atoms with E-state index in [2.05, 4.69) is 18.8 Å². The Balaban J connectivity index is 2.75. The second kappa shape index (κ2) is 4.11. The highest BCUT2D eigenvalue weighted by atomic mass is 35.5. The summed E-state index contributed by atoms with van der Waals surface area (Å²) in [6.07, 6.45) is 1.51. The molecule has 0 fully saturated rings. The summed E-state index contributed by atoms with van der Waals surface area (Å²) in [5.74, 6) is 0.436. The molecule has 0 atom stereocenters. The Morgan fingerprint density at radius 3 is 2.75 bits per heavy atom. The van der Waals surface area contributed by atoms with Gasteiger partial charge in [-0.05, 0) is 23.6 Å². The van der Waals surface area contributed by atoms with E-state index in [4.69, 9.17) is 16.9 Å². The Labute approximate surface area is 99.5 Å². The molecule has 1 heterocycles. The van der Waals surface area contributed by atoms with Crippen LogP contribution in [0.3, 0.4) is 0 Å². The quantitative estimate of drug-likeness (QED) is 0.745. The smallest absolute Gasteiger partial charge is 0.102 e. The van der Waals surface area contributed by atoms with Crippen LogP contribution in [0.4, 0.5) is 0 Å². The molecule has 0 spiro atoms. The molecule has 0 bridgehead atoms.